The second-order valence-electron chi connectivity index (χ2n) is 7.73. The molecule has 0 radical (unpaired) electrons. The van der Waals surface area contributed by atoms with Crippen LogP contribution in [-0.2, 0) is 6.54 Å². The minimum absolute atomic E-state index is 0.0558. The molecule has 5 heteroatoms. The Labute approximate surface area is 153 Å². The lowest BCUT2D eigenvalue weighted by atomic mass is 10.0. The molecule has 2 saturated heterocycles. The van der Waals surface area contributed by atoms with Crippen LogP contribution in [0.4, 0.5) is 0 Å². The maximum Gasteiger partial charge on any atom is 0.255 e. The second-order valence-corrected chi connectivity index (χ2v) is 7.73. The fourth-order valence-electron chi connectivity index (χ4n) is 4.56. The van der Waals surface area contributed by atoms with E-state index in [9.17, 15) is 9.59 Å². The lowest BCUT2D eigenvalue weighted by Gasteiger charge is -2.23. The van der Waals surface area contributed by atoms with Crippen molar-refractivity contribution in [2.75, 3.05) is 26.2 Å². The van der Waals surface area contributed by atoms with E-state index in [0.717, 1.165) is 38.3 Å². The third-order valence-corrected chi connectivity index (χ3v) is 5.74. The van der Waals surface area contributed by atoms with E-state index in [1.807, 2.05) is 17.9 Å². The molecule has 2 aliphatic heterocycles. The van der Waals surface area contributed by atoms with Crippen LogP contribution in [0.1, 0.15) is 27.2 Å². The zero-order valence-electron chi connectivity index (χ0n) is 15.4. The van der Waals surface area contributed by atoms with Crippen LogP contribution < -0.4 is 5.56 Å². The number of likely N-dealkylation sites (tertiary alicyclic amines) is 2. The molecule has 1 aromatic carbocycles. The van der Waals surface area contributed by atoms with E-state index in [-0.39, 0.29) is 11.5 Å². The summed E-state index contributed by atoms with van der Waals surface area (Å²) in [5.41, 5.74) is 3.29. The van der Waals surface area contributed by atoms with Crippen LogP contribution >= 0.6 is 0 Å². The van der Waals surface area contributed by atoms with Crippen molar-refractivity contribution < 1.29 is 4.79 Å². The molecular formula is C21H25N3O2. The van der Waals surface area contributed by atoms with Gasteiger partial charge in [0.2, 0.25) is 5.56 Å². The van der Waals surface area contributed by atoms with Crippen molar-refractivity contribution >= 4 is 5.91 Å². The fraction of sp³-hybridized carbons (Fsp3) is 0.429. The summed E-state index contributed by atoms with van der Waals surface area (Å²) in [5.74, 6) is 1.15. The lowest BCUT2D eigenvalue weighted by Crippen LogP contribution is -2.34. The molecule has 4 rings (SSSR count). The highest BCUT2D eigenvalue weighted by atomic mass is 16.2. The Balaban J connectivity index is 1.42. The van der Waals surface area contributed by atoms with Crippen LogP contribution in [0.25, 0.3) is 0 Å². The summed E-state index contributed by atoms with van der Waals surface area (Å²) in [4.78, 5) is 31.8. The standard InChI is InChI=1S/C21H25N3O2/c1-14-8-19(25)22-15(2)20(14)21(26)24-12-17-10-23(11-18(17)13-24)9-16-6-4-3-5-7-16/h3-8,17-18H,9-13H2,1-2H3,(H,22,25). The molecule has 2 fully saturated rings. The Bertz CT molecular complexity index is 834. The van der Waals surface area contributed by atoms with Crippen molar-refractivity contribution in [1.29, 1.82) is 0 Å². The molecule has 26 heavy (non-hydrogen) atoms. The average molecular weight is 351 g/mol. The van der Waals surface area contributed by atoms with E-state index in [1.54, 1.807) is 6.92 Å². The van der Waals surface area contributed by atoms with Crippen LogP contribution in [0.15, 0.2) is 41.2 Å². The normalized spacial score (nSPS) is 22.6. The summed E-state index contributed by atoms with van der Waals surface area (Å²) in [7, 11) is 0. The molecule has 136 valence electrons. The van der Waals surface area contributed by atoms with Crippen molar-refractivity contribution in [2.45, 2.75) is 20.4 Å². The molecule has 0 saturated carbocycles. The van der Waals surface area contributed by atoms with Gasteiger partial charge in [0.05, 0.1) is 5.56 Å². The van der Waals surface area contributed by atoms with Gasteiger partial charge in [-0.25, -0.2) is 0 Å². The van der Waals surface area contributed by atoms with Gasteiger partial charge in [0.15, 0.2) is 0 Å². The number of rotatable bonds is 3. The first-order chi connectivity index (χ1) is 12.5. The molecule has 2 aromatic rings. The molecule has 0 bridgehead atoms. The van der Waals surface area contributed by atoms with Gasteiger partial charge in [0.1, 0.15) is 0 Å². The van der Waals surface area contributed by atoms with Crippen LogP contribution in [0.2, 0.25) is 0 Å². The Kier molecular flexibility index (Phi) is 4.41. The zero-order valence-corrected chi connectivity index (χ0v) is 15.4. The molecule has 5 nitrogen and oxygen atoms in total. The first-order valence-electron chi connectivity index (χ1n) is 9.27. The van der Waals surface area contributed by atoms with Gasteiger partial charge in [-0.05, 0) is 36.8 Å². The van der Waals surface area contributed by atoms with E-state index >= 15 is 0 Å². The number of hydrogen-bond donors (Lipinski definition) is 1. The highest BCUT2D eigenvalue weighted by molar-refractivity contribution is 5.96. The van der Waals surface area contributed by atoms with E-state index in [4.69, 9.17) is 0 Å². The molecule has 2 atom stereocenters. The summed E-state index contributed by atoms with van der Waals surface area (Å²) in [6.45, 7) is 8.35. The molecule has 0 spiro atoms. The first kappa shape index (κ1) is 17.0. The predicted molar refractivity (Wildman–Crippen MR) is 101 cm³/mol. The predicted octanol–water partition coefficient (Wildman–Crippen LogP) is 2.20. The molecule has 2 unspecified atom stereocenters. The Hall–Kier alpha value is -2.40. The minimum atomic E-state index is -0.147. The van der Waals surface area contributed by atoms with Gasteiger partial charge in [0, 0.05) is 44.5 Å². The maximum atomic E-state index is 13.0. The van der Waals surface area contributed by atoms with E-state index in [1.165, 1.54) is 11.6 Å². The molecule has 1 N–H and O–H groups in total. The van der Waals surface area contributed by atoms with Crippen LogP contribution in [-0.4, -0.2) is 46.9 Å². The largest absolute Gasteiger partial charge is 0.338 e. The Morgan fingerprint density at radius 1 is 1.08 bits per heavy atom. The zero-order chi connectivity index (χ0) is 18.3. The smallest absolute Gasteiger partial charge is 0.255 e. The van der Waals surface area contributed by atoms with Crippen molar-refractivity contribution in [3.8, 4) is 0 Å². The number of fused-ring (bicyclic) bond motifs is 1. The van der Waals surface area contributed by atoms with Gasteiger partial charge in [-0.1, -0.05) is 30.3 Å². The van der Waals surface area contributed by atoms with Gasteiger partial charge < -0.3 is 9.88 Å². The number of carbonyl (C=O) groups excluding carboxylic acids is 1. The number of aryl methyl sites for hydroxylation is 2. The van der Waals surface area contributed by atoms with Crippen molar-refractivity contribution in [3.05, 3.63) is 69.1 Å². The number of nitrogens with one attached hydrogen (secondary N) is 1. The molecule has 3 heterocycles. The van der Waals surface area contributed by atoms with Crippen LogP contribution in [0.3, 0.4) is 0 Å². The number of hydrogen-bond acceptors (Lipinski definition) is 3. The third kappa shape index (κ3) is 3.19. The minimum Gasteiger partial charge on any atom is -0.338 e. The number of aromatic nitrogens is 1. The number of pyridine rings is 1. The molecular weight excluding hydrogens is 326 g/mol. The van der Waals surface area contributed by atoms with Gasteiger partial charge in [0.25, 0.3) is 5.91 Å². The molecule has 0 aliphatic carbocycles. The number of nitrogens with zero attached hydrogens (tertiary/aromatic N) is 2. The highest BCUT2D eigenvalue weighted by Gasteiger charge is 2.41. The Morgan fingerprint density at radius 2 is 1.73 bits per heavy atom. The summed E-state index contributed by atoms with van der Waals surface area (Å²) in [5, 5.41) is 0. The van der Waals surface area contributed by atoms with Gasteiger partial charge in [-0.2, -0.15) is 0 Å². The SMILES string of the molecule is Cc1cc(=O)[nH]c(C)c1C(=O)N1CC2CN(Cc3ccccc3)CC2C1. The van der Waals surface area contributed by atoms with Crippen LogP contribution in [0.5, 0.6) is 0 Å². The molecule has 2 aliphatic rings. The first-order valence-corrected chi connectivity index (χ1v) is 9.27. The fourth-order valence-corrected chi connectivity index (χ4v) is 4.56. The number of aromatic amines is 1. The summed E-state index contributed by atoms with van der Waals surface area (Å²) in [6.07, 6.45) is 0. The lowest BCUT2D eigenvalue weighted by molar-refractivity contribution is 0.0771. The van der Waals surface area contributed by atoms with Crippen LogP contribution in [0, 0.1) is 25.7 Å². The topological polar surface area (TPSA) is 56.4 Å². The van der Waals surface area contributed by atoms with E-state index in [0.29, 0.717) is 23.1 Å². The van der Waals surface area contributed by atoms with Gasteiger partial charge in [-0.15, -0.1) is 0 Å². The quantitative estimate of drug-likeness (QED) is 0.922. The average Bonchev–Trinajstić information content (AvgIpc) is 3.13. The molecule has 1 amide bonds. The number of carbonyl (C=O) groups is 1. The Morgan fingerprint density at radius 3 is 2.35 bits per heavy atom. The van der Waals surface area contributed by atoms with E-state index < -0.39 is 0 Å². The number of benzene rings is 1. The number of amides is 1. The van der Waals surface area contributed by atoms with Crippen molar-refractivity contribution in [3.63, 3.8) is 0 Å². The maximum absolute atomic E-state index is 13.0. The van der Waals surface area contributed by atoms with Crippen molar-refractivity contribution in [1.82, 2.24) is 14.8 Å². The van der Waals surface area contributed by atoms with Gasteiger partial charge in [-0.3, -0.25) is 14.5 Å². The second kappa shape index (κ2) is 6.72. The monoisotopic (exact) mass is 351 g/mol. The number of H-pyrrole nitrogens is 1. The highest BCUT2D eigenvalue weighted by Crippen LogP contribution is 2.33. The van der Waals surface area contributed by atoms with Gasteiger partial charge >= 0.3 is 0 Å². The molecule has 1 aromatic heterocycles. The summed E-state index contributed by atoms with van der Waals surface area (Å²) < 4.78 is 0. The third-order valence-electron chi connectivity index (χ3n) is 5.74. The van der Waals surface area contributed by atoms with Crippen molar-refractivity contribution in [2.24, 2.45) is 11.8 Å². The summed E-state index contributed by atoms with van der Waals surface area (Å²) >= 11 is 0. The van der Waals surface area contributed by atoms with E-state index in [2.05, 4.69) is 34.1 Å². The summed E-state index contributed by atoms with van der Waals surface area (Å²) in [6, 6.07) is 12.1.